The Morgan fingerprint density at radius 2 is 1.39 bits per heavy atom. The smallest absolute Gasteiger partial charge is 0.368 e. The number of nitrogens with zero attached hydrogens (tertiary/aromatic N) is 6. The van der Waals surface area contributed by atoms with Crippen LogP contribution in [0.25, 0.3) is 0 Å². The van der Waals surface area contributed by atoms with Crippen LogP contribution >= 0.6 is 0 Å². The maximum atomic E-state index is 12.7. The van der Waals surface area contributed by atoms with Gasteiger partial charge in [0.1, 0.15) is 12.1 Å². The number of nitrogens with two attached hydrogens (primary N) is 1. The quantitative estimate of drug-likeness (QED) is 0.432. The number of aromatic amines is 1. The van der Waals surface area contributed by atoms with Crippen molar-refractivity contribution in [2.24, 2.45) is 0 Å². The number of halogens is 4. The molecule has 41 heavy (non-hydrogen) atoms. The van der Waals surface area contributed by atoms with Crippen LogP contribution in [0.4, 0.5) is 44.5 Å². The Hall–Kier alpha value is -5.10. The molecule has 1 aromatic heterocycles. The molecule has 2 saturated heterocycles. The summed E-state index contributed by atoms with van der Waals surface area (Å²) < 4.78 is 50.4. The van der Waals surface area contributed by atoms with Gasteiger partial charge in [0, 0.05) is 14.1 Å². The lowest BCUT2D eigenvalue weighted by molar-refractivity contribution is -0.149. The number of imide groups is 2. The first-order valence-corrected chi connectivity index (χ1v) is 11.3. The molecule has 5 rings (SSSR count). The molecule has 2 fully saturated rings. The third kappa shape index (κ3) is 7.73. The van der Waals surface area contributed by atoms with E-state index in [1.54, 1.807) is 0 Å². The van der Waals surface area contributed by atoms with Gasteiger partial charge in [0.25, 0.3) is 11.8 Å². The molecule has 0 spiro atoms. The summed E-state index contributed by atoms with van der Waals surface area (Å²) >= 11 is 0. The van der Waals surface area contributed by atoms with Gasteiger partial charge in [-0.1, -0.05) is 6.07 Å². The lowest BCUT2D eigenvalue weighted by atomic mass is 10.2. The summed E-state index contributed by atoms with van der Waals surface area (Å²) in [5.74, 6) is -1.27. The summed E-state index contributed by atoms with van der Waals surface area (Å²) in [4.78, 5) is 61.1. The summed E-state index contributed by atoms with van der Waals surface area (Å²) in [6.07, 6.45) is -3.18. The highest BCUT2D eigenvalue weighted by Crippen LogP contribution is 2.32. The number of aromatic nitrogens is 3. The first kappa shape index (κ1) is 30.4. The number of rotatable bonds is 2. The van der Waals surface area contributed by atoms with Crippen LogP contribution in [0.3, 0.4) is 0 Å². The number of alkyl halides is 3. The van der Waals surface area contributed by atoms with E-state index in [1.807, 2.05) is 0 Å². The highest BCUT2D eigenvalue weighted by atomic mass is 19.4. The van der Waals surface area contributed by atoms with Crippen LogP contribution in [-0.4, -0.2) is 76.5 Å². The second-order valence-corrected chi connectivity index (χ2v) is 7.96. The van der Waals surface area contributed by atoms with Crippen molar-refractivity contribution in [3.8, 4) is 0 Å². The van der Waals surface area contributed by atoms with Crippen LogP contribution < -0.4 is 15.5 Å². The molecule has 2 aromatic carbocycles. The number of benzene rings is 2. The molecule has 2 aliphatic heterocycles. The minimum absolute atomic E-state index is 0.139. The number of amides is 6. The van der Waals surface area contributed by atoms with E-state index in [0.29, 0.717) is 16.5 Å². The van der Waals surface area contributed by atoms with Crippen molar-refractivity contribution in [3.05, 3.63) is 66.2 Å². The maximum absolute atomic E-state index is 12.7. The molecule has 3 heterocycles. The predicted octanol–water partition coefficient (Wildman–Crippen LogP) is 2.58. The Bertz CT molecular complexity index is 1390. The zero-order chi connectivity index (χ0) is 30.3. The van der Waals surface area contributed by atoms with Crippen LogP contribution in [0.2, 0.25) is 0 Å². The fraction of sp³-hybridized carbons (Fsp3) is 0.217. The third-order valence-corrected chi connectivity index (χ3v) is 5.13. The van der Waals surface area contributed by atoms with E-state index in [1.165, 1.54) is 50.8 Å². The molecule has 218 valence electrons. The summed E-state index contributed by atoms with van der Waals surface area (Å²) in [5, 5.41) is 7.63. The average molecular weight is 582 g/mol. The molecule has 6 amide bonds. The number of nitrogen functional groups attached to an aromatic ring is 1. The molecule has 0 saturated carbocycles. The normalized spacial score (nSPS) is 15.8. The number of hydrogen-bond donors (Lipinski definition) is 2. The minimum Gasteiger partial charge on any atom is -0.368 e. The Morgan fingerprint density at radius 3 is 1.83 bits per heavy atom. The molecule has 2 aliphatic rings. The summed E-state index contributed by atoms with van der Waals surface area (Å²) in [7, 11) is 2.68. The lowest BCUT2D eigenvalue weighted by Gasteiger charge is -2.30. The van der Waals surface area contributed by atoms with Gasteiger partial charge in [-0.2, -0.15) is 18.3 Å². The highest BCUT2D eigenvalue weighted by molar-refractivity contribution is 6.16. The van der Waals surface area contributed by atoms with Crippen LogP contribution in [-0.2, 0) is 25.4 Å². The molecule has 0 bridgehead atoms. The van der Waals surface area contributed by atoms with Gasteiger partial charge < -0.3 is 5.73 Å². The molecule has 0 unspecified atom stereocenters. The third-order valence-electron chi connectivity index (χ3n) is 5.13. The Labute approximate surface area is 228 Å². The number of nitrogens with one attached hydrogen (secondary N) is 1. The second-order valence-electron chi connectivity index (χ2n) is 7.96. The van der Waals surface area contributed by atoms with Crippen molar-refractivity contribution in [1.82, 2.24) is 25.3 Å². The van der Waals surface area contributed by atoms with Crippen LogP contribution in [0.5, 0.6) is 0 Å². The number of carbonyl (C=O) groups is 4. The first-order chi connectivity index (χ1) is 19.3. The van der Waals surface area contributed by atoms with Crippen molar-refractivity contribution in [3.63, 3.8) is 0 Å². The van der Waals surface area contributed by atoms with E-state index in [2.05, 4.69) is 15.2 Å². The van der Waals surface area contributed by atoms with E-state index in [-0.39, 0.29) is 12.3 Å². The number of hydrogen-bond acceptors (Lipinski definition) is 9. The van der Waals surface area contributed by atoms with E-state index in [9.17, 15) is 36.7 Å². The number of urea groups is 2. The van der Waals surface area contributed by atoms with Crippen molar-refractivity contribution in [2.75, 3.05) is 42.8 Å². The summed E-state index contributed by atoms with van der Waals surface area (Å²) in [6, 6.07) is 7.67. The van der Waals surface area contributed by atoms with E-state index in [0.717, 1.165) is 33.2 Å². The second kappa shape index (κ2) is 12.8. The van der Waals surface area contributed by atoms with E-state index < -0.39 is 48.0 Å². The van der Waals surface area contributed by atoms with Crippen molar-refractivity contribution in [2.45, 2.75) is 6.18 Å². The summed E-state index contributed by atoms with van der Waals surface area (Å²) in [6.45, 7) is -0.613. The van der Waals surface area contributed by atoms with Gasteiger partial charge in [0.15, 0.2) is 13.2 Å². The first-order valence-electron chi connectivity index (χ1n) is 11.3. The largest absolute Gasteiger partial charge is 0.416 e. The molecule has 14 nitrogen and oxygen atoms in total. The average Bonchev–Trinajstić information content (AvgIpc) is 3.41. The van der Waals surface area contributed by atoms with Gasteiger partial charge in [-0.25, -0.2) is 44.0 Å². The number of hydroxylamine groups is 4. The Balaban J connectivity index is 0.000000189. The van der Waals surface area contributed by atoms with Gasteiger partial charge in [0.05, 0.1) is 16.9 Å². The van der Waals surface area contributed by atoms with Crippen molar-refractivity contribution in [1.29, 1.82) is 0 Å². The molecule has 0 aliphatic carbocycles. The number of anilines is 3. The fourth-order valence-corrected chi connectivity index (χ4v) is 3.17. The van der Waals surface area contributed by atoms with Gasteiger partial charge in [0.2, 0.25) is 5.95 Å². The minimum atomic E-state index is -4.54. The molecule has 3 aromatic rings. The number of carbonyl (C=O) groups excluding carboxylic acids is 4. The molecular formula is C23H22F4N8O6. The van der Waals surface area contributed by atoms with Gasteiger partial charge in [-0.15, -0.1) is 0 Å². The Kier molecular flexibility index (Phi) is 9.53. The van der Waals surface area contributed by atoms with Crippen LogP contribution in [0.1, 0.15) is 5.56 Å². The maximum Gasteiger partial charge on any atom is 0.416 e. The summed E-state index contributed by atoms with van der Waals surface area (Å²) in [5.41, 5.74) is 4.30. The molecule has 0 atom stereocenters. The van der Waals surface area contributed by atoms with Crippen molar-refractivity contribution < 1.29 is 46.4 Å². The zero-order valence-corrected chi connectivity index (χ0v) is 21.3. The van der Waals surface area contributed by atoms with E-state index in [4.69, 9.17) is 15.4 Å². The van der Waals surface area contributed by atoms with Gasteiger partial charge in [-0.05, 0) is 42.5 Å². The highest BCUT2D eigenvalue weighted by Gasteiger charge is 2.35. The van der Waals surface area contributed by atoms with Crippen LogP contribution in [0.15, 0.2) is 54.9 Å². The standard InChI is InChI=1S/C11H9F3N2O3.C10H9FN2O3.C2H4N4/c1-15-10(18)16(9(17)6-19-15)8-4-2-3-7(5-8)11(12,13)14;1-12-10(15)13(9(14)6-16-12)8-4-2-7(11)3-5-8;3-2-4-1-5-6-2/h2-5H,6H2,1H3;2-5H,6H2,1H3;1H,(H3,3,4,5,6). The Morgan fingerprint density at radius 1 is 0.854 bits per heavy atom. The zero-order valence-electron chi connectivity index (χ0n) is 21.3. The molecular weight excluding hydrogens is 560 g/mol. The van der Waals surface area contributed by atoms with E-state index >= 15 is 0 Å². The molecule has 0 radical (unpaired) electrons. The lowest BCUT2D eigenvalue weighted by Crippen LogP contribution is -2.52. The fourth-order valence-electron chi connectivity index (χ4n) is 3.17. The topological polar surface area (TPSA) is 167 Å². The van der Waals surface area contributed by atoms with Crippen LogP contribution in [0, 0.1) is 5.82 Å². The monoisotopic (exact) mass is 582 g/mol. The van der Waals surface area contributed by atoms with Gasteiger partial charge in [-0.3, -0.25) is 19.3 Å². The molecule has 18 heteroatoms. The predicted molar refractivity (Wildman–Crippen MR) is 132 cm³/mol. The SMILES string of the molecule is CN1OCC(=O)N(c2ccc(F)cc2)C1=O.CN1OCC(=O)N(c2cccc(C(F)(F)F)c2)C1=O.Nc1ncn[nH]1. The number of H-pyrrole nitrogens is 1. The van der Waals surface area contributed by atoms with Crippen molar-refractivity contribution >= 4 is 41.2 Å². The van der Waals surface area contributed by atoms with Gasteiger partial charge >= 0.3 is 18.2 Å². The molecule has 3 N–H and O–H groups in total.